The number of aryl methyl sites for hydroxylation is 1. The molecule has 0 radical (unpaired) electrons. The Balaban J connectivity index is 2.10. The lowest BCUT2D eigenvalue weighted by atomic mass is 10.0. The van der Waals surface area contributed by atoms with Crippen LogP contribution in [-0.2, 0) is 16.1 Å². The molecule has 0 N–H and O–H groups in total. The van der Waals surface area contributed by atoms with Gasteiger partial charge in [0.05, 0.1) is 12.3 Å². The molecular weight excluding hydrogens is 192 g/mol. The summed E-state index contributed by atoms with van der Waals surface area (Å²) in [7, 11) is 0. The second-order valence-corrected chi connectivity index (χ2v) is 4.21. The van der Waals surface area contributed by atoms with Gasteiger partial charge in [-0.15, -0.1) is 0 Å². The molecule has 1 aromatic rings. The molecule has 0 amide bonds. The van der Waals surface area contributed by atoms with E-state index in [-0.39, 0.29) is 6.10 Å². The highest BCUT2D eigenvalue weighted by Gasteiger charge is 2.36. The molecule has 2 atom stereocenters. The highest BCUT2D eigenvalue weighted by atomic mass is 16.5. The van der Waals surface area contributed by atoms with Crippen molar-refractivity contribution in [3.05, 3.63) is 18.0 Å². The zero-order valence-corrected chi connectivity index (χ0v) is 9.14. The van der Waals surface area contributed by atoms with E-state index in [9.17, 15) is 4.79 Å². The van der Waals surface area contributed by atoms with Gasteiger partial charge in [0.2, 0.25) is 0 Å². The molecule has 4 nitrogen and oxygen atoms in total. The quantitative estimate of drug-likeness (QED) is 0.710. The summed E-state index contributed by atoms with van der Waals surface area (Å²) >= 11 is 0. The Morgan fingerprint density at radius 3 is 3.13 bits per heavy atom. The molecule has 2 unspecified atom stereocenters. The van der Waals surface area contributed by atoms with Crippen molar-refractivity contribution in [3.8, 4) is 0 Å². The predicted octanol–water partition coefficient (Wildman–Crippen LogP) is 1.71. The van der Waals surface area contributed by atoms with Gasteiger partial charge in [-0.1, -0.05) is 0 Å². The number of ether oxygens (including phenoxy) is 1. The van der Waals surface area contributed by atoms with Crippen molar-refractivity contribution in [1.29, 1.82) is 0 Å². The van der Waals surface area contributed by atoms with Crippen molar-refractivity contribution in [3.63, 3.8) is 0 Å². The van der Waals surface area contributed by atoms with Gasteiger partial charge in [0.15, 0.2) is 6.29 Å². The van der Waals surface area contributed by atoms with Gasteiger partial charge in [0.1, 0.15) is 5.60 Å². The first-order valence-electron chi connectivity index (χ1n) is 5.33. The number of aldehydes is 1. The van der Waals surface area contributed by atoms with Crippen molar-refractivity contribution >= 4 is 6.29 Å². The second-order valence-electron chi connectivity index (χ2n) is 4.21. The van der Waals surface area contributed by atoms with Gasteiger partial charge in [0.25, 0.3) is 0 Å². The molecule has 1 aliphatic rings. The number of carbonyl (C=O) groups is 1. The number of aromatic nitrogens is 2. The summed E-state index contributed by atoms with van der Waals surface area (Å²) in [6.45, 7) is 4.74. The van der Waals surface area contributed by atoms with Crippen LogP contribution in [0.4, 0.5) is 0 Å². The first-order valence-corrected chi connectivity index (χ1v) is 5.33. The van der Waals surface area contributed by atoms with Crippen LogP contribution in [0.1, 0.15) is 38.4 Å². The molecule has 2 heterocycles. The third-order valence-corrected chi connectivity index (χ3v) is 2.91. The van der Waals surface area contributed by atoms with Crippen molar-refractivity contribution < 1.29 is 9.53 Å². The average Bonchev–Trinajstić information content (AvgIpc) is 2.84. The SMILES string of the molecule is CCn1cc(C2CCC(C)(C=O)O2)cn1. The van der Waals surface area contributed by atoms with Crippen LogP contribution in [0.25, 0.3) is 0 Å². The number of nitrogens with zero attached hydrogens (tertiary/aromatic N) is 2. The number of hydrogen-bond donors (Lipinski definition) is 0. The van der Waals surface area contributed by atoms with E-state index in [4.69, 9.17) is 4.74 Å². The Morgan fingerprint density at radius 1 is 1.80 bits per heavy atom. The summed E-state index contributed by atoms with van der Waals surface area (Å²) in [5, 5.41) is 4.20. The van der Waals surface area contributed by atoms with E-state index in [1.807, 2.05) is 30.9 Å². The molecule has 0 spiro atoms. The van der Waals surface area contributed by atoms with E-state index in [0.717, 1.165) is 31.2 Å². The maximum Gasteiger partial charge on any atom is 0.151 e. The number of carbonyl (C=O) groups excluding carboxylic acids is 1. The first-order chi connectivity index (χ1) is 7.17. The maximum atomic E-state index is 10.8. The van der Waals surface area contributed by atoms with Gasteiger partial charge in [0, 0.05) is 18.3 Å². The fourth-order valence-electron chi connectivity index (χ4n) is 1.90. The predicted molar refractivity (Wildman–Crippen MR) is 55.4 cm³/mol. The van der Waals surface area contributed by atoms with Gasteiger partial charge in [-0.25, -0.2) is 0 Å². The minimum atomic E-state index is -0.598. The van der Waals surface area contributed by atoms with Crippen LogP contribution in [0.2, 0.25) is 0 Å². The van der Waals surface area contributed by atoms with E-state index in [0.29, 0.717) is 0 Å². The third-order valence-electron chi connectivity index (χ3n) is 2.91. The van der Waals surface area contributed by atoms with Crippen LogP contribution in [0.5, 0.6) is 0 Å². The van der Waals surface area contributed by atoms with Crippen molar-refractivity contribution in [2.24, 2.45) is 0 Å². The fraction of sp³-hybridized carbons (Fsp3) is 0.636. The van der Waals surface area contributed by atoms with Gasteiger partial charge in [-0.2, -0.15) is 5.10 Å². The van der Waals surface area contributed by atoms with Crippen molar-refractivity contribution in [1.82, 2.24) is 9.78 Å². The van der Waals surface area contributed by atoms with Crippen LogP contribution >= 0.6 is 0 Å². The number of hydrogen-bond acceptors (Lipinski definition) is 3. The highest BCUT2D eigenvalue weighted by Crippen LogP contribution is 2.37. The topological polar surface area (TPSA) is 44.1 Å². The van der Waals surface area contributed by atoms with Crippen LogP contribution in [-0.4, -0.2) is 21.7 Å². The Bertz CT molecular complexity index is 361. The molecule has 0 bridgehead atoms. The molecule has 0 saturated carbocycles. The van der Waals surface area contributed by atoms with Crippen molar-refractivity contribution in [2.45, 2.75) is 44.9 Å². The minimum absolute atomic E-state index is 0.0282. The van der Waals surface area contributed by atoms with Gasteiger partial charge in [-0.3, -0.25) is 4.68 Å². The standard InChI is InChI=1S/C11H16N2O2/c1-3-13-7-9(6-12-13)10-4-5-11(2,8-14)15-10/h6-8,10H,3-5H2,1-2H3. The zero-order chi connectivity index (χ0) is 10.9. The normalized spacial score (nSPS) is 30.7. The summed E-state index contributed by atoms with van der Waals surface area (Å²) in [4.78, 5) is 10.8. The summed E-state index contributed by atoms with van der Waals surface area (Å²) < 4.78 is 7.59. The maximum absolute atomic E-state index is 10.8. The minimum Gasteiger partial charge on any atom is -0.360 e. The van der Waals surface area contributed by atoms with Crippen LogP contribution in [0.15, 0.2) is 12.4 Å². The molecule has 1 saturated heterocycles. The summed E-state index contributed by atoms with van der Waals surface area (Å²) in [6, 6.07) is 0. The van der Waals surface area contributed by atoms with Crippen molar-refractivity contribution in [2.75, 3.05) is 0 Å². The second kappa shape index (κ2) is 3.77. The highest BCUT2D eigenvalue weighted by molar-refractivity contribution is 5.62. The molecular formula is C11H16N2O2. The van der Waals surface area contributed by atoms with Gasteiger partial charge in [-0.05, 0) is 26.7 Å². The molecule has 15 heavy (non-hydrogen) atoms. The Labute approximate surface area is 89.2 Å². The Morgan fingerprint density at radius 2 is 2.60 bits per heavy atom. The molecule has 4 heteroatoms. The summed E-state index contributed by atoms with van der Waals surface area (Å²) in [6.07, 6.45) is 6.42. The molecule has 2 rings (SSSR count). The average molecular weight is 208 g/mol. The van der Waals surface area contributed by atoms with E-state index in [1.54, 1.807) is 0 Å². The summed E-state index contributed by atoms with van der Waals surface area (Å²) in [5.41, 5.74) is 0.473. The van der Waals surface area contributed by atoms with E-state index >= 15 is 0 Å². The van der Waals surface area contributed by atoms with Gasteiger partial charge >= 0.3 is 0 Å². The van der Waals surface area contributed by atoms with Gasteiger partial charge < -0.3 is 9.53 Å². The van der Waals surface area contributed by atoms with Crippen LogP contribution in [0.3, 0.4) is 0 Å². The lowest BCUT2D eigenvalue weighted by Gasteiger charge is -2.16. The van der Waals surface area contributed by atoms with Crippen LogP contribution < -0.4 is 0 Å². The summed E-state index contributed by atoms with van der Waals surface area (Å²) in [5.74, 6) is 0. The fourth-order valence-corrected chi connectivity index (χ4v) is 1.90. The molecule has 1 aromatic heterocycles. The molecule has 0 aliphatic carbocycles. The smallest absolute Gasteiger partial charge is 0.151 e. The lowest BCUT2D eigenvalue weighted by Crippen LogP contribution is -2.24. The van der Waals surface area contributed by atoms with Crippen LogP contribution in [0, 0.1) is 0 Å². The largest absolute Gasteiger partial charge is 0.360 e. The van der Waals surface area contributed by atoms with E-state index < -0.39 is 5.60 Å². The molecule has 82 valence electrons. The Hall–Kier alpha value is -1.16. The lowest BCUT2D eigenvalue weighted by molar-refractivity contribution is -0.127. The molecule has 1 aliphatic heterocycles. The first kappa shape index (κ1) is 10.4. The van der Waals surface area contributed by atoms with E-state index in [1.165, 1.54) is 0 Å². The van der Waals surface area contributed by atoms with E-state index in [2.05, 4.69) is 5.10 Å². The monoisotopic (exact) mass is 208 g/mol. The molecule has 0 aromatic carbocycles. The molecule has 1 fully saturated rings. The zero-order valence-electron chi connectivity index (χ0n) is 9.14. The Kier molecular flexibility index (Phi) is 2.61. The third kappa shape index (κ3) is 1.95. The number of rotatable bonds is 3.